The second-order valence-corrected chi connectivity index (χ2v) is 3.63. The van der Waals surface area contributed by atoms with Gasteiger partial charge in [0, 0.05) is 17.8 Å². The number of nitrogens with one attached hydrogen (secondary N) is 1. The van der Waals surface area contributed by atoms with E-state index in [4.69, 9.17) is 0 Å². The molecule has 0 saturated heterocycles. The molecule has 0 atom stereocenters. The Morgan fingerprint density at radius 2 is 1.80 bits per heavy atom. The number of anilines is 1. The third-order valence-corrected chi connectivity index (χ3v) is 1.99. The summed E-state index contributed by atoms with van der Waals surface area (Å²) in [6.45, 7) is -2.49. The quantitative estimate of drug-likeness (QED) is 0.850. The molecule has 9 heteroatoms. The van der Waals surface area contributed by atoms with E-state index in [1.807, 2.05) is 5.32 Å². The van der Waals surface area contributed by atoms with Crippen molar-refractivity contribution in [1.29, 1.82) is 0 Å². The molecule has 0 aliphatic rings. The van der Waals surface area contributed by atoms with Gasteiger partial charge in [-0.1, -0.05) is 0 Å². The van der Waals surface area contributed by atoms with E-state index >= 15 is 0 Å². The van der Waals surface area contributed by atoms with Crippen LogP contribution >= 0.6 is 0 Å². The van der Waals surface area contributed by atoms with Crippen LogP contribution in [0.5, 0.6) is 5.75 Å². The molecule has 0 aliphatic heterocycles. The van der Waals surface area contributed by atoms with Crippen LogP contribution in [-0.2, 0) is 9.53 Å². The molecule has 0 unspecified atom stereocenters. The minimum atomic E-state index is -4.56. The molecule has 112 valence electrons. The van der Waals surface area contributed by atoms with Crippen LogP contribution < -0.4 is 10.1 Å². The summed E-state index contributed by atoms with van der Waals surface area (Å²) in [5.41, 5.74) is -0.263. The molecule has 0 fully saturated rings. The Balaban J connectivity index is 2.59. The maximum absolute atomic E-state index is 13.3. The first kappa shape index (κ1) is 16.2. The number of amides is 1. The van der Waals surface area contributed by atoms with Crippen molar-refractivity contribution >= 4 is 11.6 Å². The molecule has 0 radical (unpaired) electrons. The van der Waals surface area contributed by atoms with Crippen LogP contribution in [-0.4, -0.2) is 32.4 Å². The maximum atomic E-state index is 13.3. The summed E-state index contributed by atoms with van der Waals surface area (Å²) in [5, 5.41) is 1.99. The van der Waals surface area contributed by atoms with Crippen molar-refractivity contribution in [2.24, 2.45) is 0 Å². The number of alkyl halides is 3. The molecule has 0 aromatic heterocycles. The number of carbonyl (C=O) groups excluding carboxylic acids is 1. The molecule has 4 nitrogen and oxygen atoms in total. The van der Waals surface area contributed by atoms with E-state index in [0.29, 0.717) is 0 Å². The lowest BCUT2D eigenvalue weighted by molar-refractivity contribution is -0.174. The fourth-order valence-corrected chi connectivity index (χ4v) is 1.28. The van der Waals surface area contributed by atoms with Gasteiger partial charge in [0.1, 0.15) is 13.2 Å². The molecule has 1 aromatic carbocycles. The molecule has 1 N–H and O–H groups in total. The van der Waals surface area contributed by atoms with Gasteiger partial charge >= 0.3 is 6.18 Å². The summed E-state index contributed by atoms with van der Waals surface area (Å²) in [5.74, 6) is -3.72. The van der Waals surface area contributed by atoms with Crippen molar-refractivity contribution < 1.29 is 36.2 Å². The summed E-state index contributed by atoms with van der Waals surface area (Å²) in [7, 11) is 1.06. The maximum Gasteiger partial charge on any atom is 0.411 e. The van der Waals surface area contributed by atoms with E-state index in [1.165, 1.54) is 0 Å². The fourth-order valence-electron chi connectivity index (χ4n) is 1.28. The number of methoxy groups -OCH3 is 1. The van der Waals surface area contributed by atoms with Gasteiger partial charge in [-0.15, -0.1) is 0 Å². The normalized spacial score (nSPS) is 11.3. The number of halogens is 5. The molecule has 0 heterocycles. The van der Waals surface area contributed by atoms with Gasteiger partial charge in [0.15, 0.2) is 17.4 Å². The first-order chi connectivity index (χ1) is 9.23. The lowest BCUT2D eigenvalue weighted by Gasteiger charge is -2.10. The van der Waals surface area contributed by atoms with Gasteiger partial charge in [-0.05, 0) is 0 Å². The largest absolute Gasteiger partial charge is 0.491 e. The SMILES string of the molecule is COc1c(F)cc(NC(=O)COCC(F)(F)F)cc1F. The van der Waals surface area contributed by atoms with E-state index in [9.17, 15) is 26.7 Å². The zero-order valence-corrected chi connectivity index (χ0v) is 10.2. The molecule has 1 rings (SSSR count). The van der Waals surface area contributed by atoms with Gasteiger partial charge < -0.3 is 14.8 Å². The molecule has 0 spiro atoms. The second-order valence-electron chi connectivity index (χ2n) is 3.63. The highest BCUT2D eigenvalue weighted by Crippen LogP contribution is 2.25. The monoisotopic (exact) mass is 299 g/mol. The number of ether oxygens (including phenoxy) is 2. The van der Waals surface area contributed by atoms with Gasteiger partial charge in [-0.25, -0.2) is 8.78 Å². The summed E-state index contributed by atoms with van der Waals surface area (Å²) in [4.78, 5) is 11.2. The van der Waals surface area contributed by atoms with Crippen LogP contribution in [0.25, 0.3) is 0 Å². The molecular formula is C11H10F5NO3. The zero-order chi connectivity index (χ0) is 15.3. The Bertz CT molecular complexity index is 466. The number of carbonyl (C=O) groups is 1. The van der Waals surface area contributed by atoms with Crippen LogP contribution in [0.2, 0.25) is 0 Å². The van der Waals surface area contributed by atoms with E-state index in [2.05, 4.69) is 9.47 Å². The Hall–Kier alpha value is -1.90. The standard InChI is InChI=1S/C11H10F5NO3/c1-19-10-7(12)2-6(3-8(10)13)17-9(18)4-20-5-11(14,15)16/h2-3H,4-5H2,1H3,(H,17,18). The molecular weight excluding hydrogens is 289 g/mol. The third kappa shape index (κ3) is 5.00. The van der Waals surface area contributed by atoms with E-state index < -0.39 is 42.7 Å². The van der Waals surface area contributed by atoms with Crippen LogP contribution in [0, 0.1) is 11.6 Å². The van der Waals surface area contributed by atoms with Crippen molar-refractivity contribution in [2.75, 3.05) is 25.6 Å². The van der Waals surface area contributed by atoms with Gasteiger partial charge in [0.05, 0.1) is 7.11 Å². The van der Waals surface area contributed by atoms with Crippen molar-refractivity contribution in [3.05, 3.63) is 23.8 Å². The van der Waals surface area contributed by atoms with Crippen LogP contribution in [0.1, 0.15) is 0 Å². The third-order valence-electron chi connectivity index (χ3n) is 1.99. The summed E-state index contributed by atoms with van der Waals surface area (Å²) < 4.78 is 70.3. The zero-order valence-electron chi connectivity index (χ0n) is 10.2. The van der Waals surface area contributed by atoms with Crippen molar-refractivity contribution in [2.45, 2.75) is 6.18 Å². The minimum Gasteiger partial charge on any atom is -0.491 e. The smallest absolute Gasteiger partial charge is 0.411 e. The fraction of sp³-hybridized carbons (Fsp3) is 0.364. The first-order valence-corrected chi connectivity index (χ1v) is 5.20. The second kappa shape index (κ2) is 6.51. The topological polar surface area (TPSA) is 47.6 Å². The lowest BCUT2D eigenvalue weighted by Crippen LogP contribution is -2.24. The predicted octanol–water partition coefficient (Wildman–Crippen LogP) is 2.49. The van der Waals surface area contributed by atoms with Gasteiger partial charge in [0.2, 0.25) is 5.91 Å². The minimum absolute atomic E-state index is 0.263. The van der Waals surface area contributed by atoms with Crippen LogP contribution in [0.3, 0.4) is 0 Å². The van der Waals surface area contributed by atoms with Crippen LogP contribution in [0.15, 0.2) is 12.1 Å². The molecule has 20 heavy (non-hydrogen) atoms. The average Bonchev–Trinajstić information content (AvgIpc) is 2.26. The first-order valence-electron chi connectivity index (χ1n) is 5.20. The highest BCUT2D eigenvalue weighted by atomic mass is 19.4. The number of rotatable bonds is 5. The van der Waals surface area contributed by atoms with E-state index in [1.54, 1.807) is 0 Å². The van der Waals surface area contributed by atoms with Crippen molar-refractivity contribution in [1.82, 2.24) is 0 Å². The Morgan fingerprint density at radius 3 is 2.25 bits per heavy atom. The highest BCUT2D eigenvalue weighted by molar-refractivity contribution is 5.91. The Morgan fingerprint density at radius 1 is 1.25 bits per heavy atom. The number of benzene rings is 1. The summed E-state index contributed by atoms with van der Waals surface area (Å²) in [6, 6.07) is 1.53. The van der Waals surface area contributed by atoms with Crippen molar-refractivity contribution in [3.8, 4) is 5.75 Å². The number of hydrogen-bond acceptors (Lipinski definition) is 3. The Kier molecular flexibility index (Phi) is 5.26. The predicted molar refractivity (Wildman–Crippen MR) is 58.4 cm³/mol. The van der Waals surface area contributed by atoms with Crippen LogP contribution in [0.4, 0.5) is 27.6 Å². The Labute approximate surface area is 110 Å². The number of hydrogen-bond donors (Lipinski definition) is 1. The van der Waals surface area contributed by atoms with Crippen molar-refractivity contribution in [3.63, 3.8) is 0 Å². The summed E-state index contributed by atoms with van der Waals surface area (Å²) >= 11 is 0. The summed E-state index contributed by atoms with van der Waals surface area (Å²) in [6.07, 6.45) is -4.56. The van der Waals surface area contributed by atoms with E-state index in [0.717, 1.165) is 19.2 Å². The molecule has 0 saturated carbocycles. The lowest BCUT2D eigenvalue weighted by atomic mass is 10.2. The average molecular weight is 299 g/mol. The molecule has 0 bridgehead atoms. The van der Waals surface area contributed by atoms with Gasteiger partial charge in [0.25, 0.3) is 0 Å². The van der Waals surface area contributed by atoms with E-state index in [-0.39, 0.29) is 5.69 Å². The highest BCUT2D eigenvalue weighted by Gasteiger charge is 2.27. The van der Waals surface area contributed by atoms with Gasteiger partial charge in [-0.2, -0.15) is 13.2 Å². The molecule has 1 amide bonds. The molecule has 1 aromatic rings. The molecule has 0 aliphatic carbocycles. The van der Waals surface area contributed by atoms with Gasteiger partial charge in [-0.3, -0.25) is 4.79 Å².